The molecule has 0 spiro atoms. The quantitative estimate of drug-likeness (QED) is 0.735. The van der Waals surface area contributed by atoms with Crippen LogP contribution in [0.15, 0.2) is 21.0 Å². The third kappa shape index (κ3) is 2.15. The molecule has 0 saturated carbocycles. The molecule has 1 fully saturated rings. The second kappa shape index (κ2) is 5.01. The van der Waals surface area contributed by atoms with Gasteiger partial charge < -0.3 is 19.3 Å². The number of carbonyl (C=O) groups is 1. The summed E-state index contributed by atoms with van der Waals surface area (Å²) in [4.78, 5) is 11.3. The number of furan rings is 2. The predicted octanol–water partition coefficient (Wildman–Crippen LogP) is 4.18. The Morgan fingerprint density at radius 2 is 1.87 bits per heavy atom. The average molecular weight is 334 g/mol. The zero-order valence-electron chi connectivity index (χ0n) is 12.8. The summed E-state index contributed by atoms with van der Waals surface area (Å²) in [5, 5.41) is 14.8. The van der Waals surface area contributed by atoms with Gasteiger partial charge in [-0.2, -0.15) is 0 Å². The van der Waals surface area contributed by atoms with Crippen LogP contribution in [0, 0.1) is 19.8 Å². The molecule has 0 bridgehead atoms. The van der Waals surface area contributed by atoms with Crippen LogP contribution >= 0.6 is 11.6 Å². The zero-order valence-corrected chi connectivity index (χ0v) is 13.5. The number of fused-ring (bicyclic) bond motifs is 2. The molecule has 6 heteroatoms. The molecule has 2 N–H and O–H groups in total. The van der Waals surface area contributed by atoms with Gasteiger partial charge in [-0.15, -0.1) is 0 Å². The van der Waals surface area contributed by atoms with Gasteiger partial charge in [0.25, 0.3) is 0 Å². The molecule has 23 heavy (non-hydrogen) atoms. The molecule has 3 aromatic rings. The molecule has 1 aromatic carbocycles. The maximum Gasteiger partial charge on any atom is 0.307 e. The third-order valence-corrected chi connectivity index (χ3v) is 4.88. The number of rotatable bonds is 2. The van der Waals surface area contributed by atoms with Crippen LogP contribution in [0.4, 0.5) is 0 Å². The topological polar surface area (TPSA) is 75.6 Å². The lowest BCUT2D eigenvalue weighted by Crippen LogP contribution is -2.17. The maximum atomic E-state index is 11.3. The summed E-state index contributed by atoms with van der Waals surface area (Å²) in [6.45, 7) is 4.19. The van der Waals surface area contributed by atoms with Crippen molar-refractivity contribution < 1.29 is 18.7 Å². The number of nitrogens with one attached hydrogen (secondary N) is 1. The van der Waals surface area contributed by atoms with E-state index < -0.39 is 11.9 Å². The molecule has 5 nitrogen and oxygen atoms in total. The molecule has 1 saturated heterocycles. The van der Waals surface area contributed by atoms with Crippen LogP contribution in [0.5, 0.6) is 0 Å². The number of hydrogen-bond donors (Lipinski definition) is 2. The molecule has 1 aliphatic rings. The molecule has 120 valence electrons. The monoisotopic (exact) mass is 333 g/mol. The Labute approximate surface area is 137 Å². The fraction of sp³-hybridized carbons (Fsp3) is 0.353. The van der Waals surface area contributed by atoms with E-state index >= 15 is 0 Å². The average Bonchev–Trinajstić information content (AvgIpc) is 3.17. The van der Waals surface area contributed by atoms with Gasteiger partial charge in [0, 0.05) is 28.9 Å². The van der Waals surface area contributed by atoms with Crippen molar-refractivity contribution in [2.45, 2.75) is 26.3 Å². The lowest BCUT2D eigenvalue weighted by molar-refractivity contribution is -0.141. The van der Waals surface area contributed by atoms with Gasteiger partial charge >= 0.3 is 5.97 Å². The Bertz CT molecular complexity index is 882. The van der Waals surface area contributed by atoms with E-state index in [1.807, 2.05) is 26.0 Å². The molecule has 2 aromatic heterocycles. The summed E-state index contributed by atoms with van der Waals surface area (Å²) in [5.74, 6) is 0.353. The van der Waals surface area contributed by atoms with E-state index in [9.17, 15) is 9.90 Å². The summed E-state index contributed by atoms with van der Waals surface area (Å²) in [6, 6.07) is 3.73. The first-order valence-corrected chi connectivity index (χ1v) is 7.91. The molecule has 2 unspecified atom stereocenters. The Morgan fingerprint density at radius 1 is 1.22 bits per heavy atom. The van der Waals surface area contributed by atoms with Crippen molar-refractivity contribution in [1.29, 1.82) is 0 Å². The number of hydrogen-bond acceptors (Lipinski definition) is 4. The van der Waals surface area contributed by atoms with E-state index in [4.69, 9.17) is 20.4 Å². The summed E-state index contributed by atoms with van der Waals surface area (Å²) >= 11 is 6.49. The second-order valence-corrected chi connectivity index (χ2v) is 6.54. The van der Waals surface area contributed by atoms with Gasteiger partial charge in [0.05, 0.1) is 10.9 Å². The van der Waals surface area contributed by atoms with Gasteiger partial charge in [0.2, 0.25) is 0 Å². The highest BCUT2D eigenvalue weighted by molar-refractivity contribution is 6.40. The minimum absolute atomic E-state index is 0.0964. The molecular weight excluding hydrogens is 318 g/mol. The molecule has 0 radical (unpaired) electrons. The van der Waals surface area contributed by atoms with Crippen molar-refractivity contribution in [2.75, 3.05) is 6.54 Å². The Balaban J connectivity index is 1.99. The highest BCUT2D eigenvalue weighted by Crippen LogP contribution is 2.44. The first-order chi connectivity index (χ1) is 11.0. The van der Waals surface area contributed by atoms with Crippen molar-refractivity contribution in [1.82, 2.24) is 5.32 Å². The lowest BCUT2D eigenvalue weighted by Gasteiger charge is -2.13. The maximum absolute atomic E-state index is 11.3. The summed E-state index contributed by atoms with van der Waals surface area (Å²) in [5.41, 5.74) is 2.28. The molecule has 0 aliphatic carbocycles. The lowest BCUT2D eigenvalue weighted by atomic mass is 9.95. The van der Waals surface area contributed by atoms with Crippen molar-refractivity contribution in [3.8, 4) is 0 Å². The molecule has 3 heterocycles. The highest BCUT2D eigenvalue weighted by Gasteiger charge is 2.34. The standard InChI is InChI=1S/C17H16ClNO4/c1-7-3-10-13(12-5-9(6-19-12)17(20)21)15-11(4-8(2)22-15)14(18)16(10)23-7/h3-4,9,12,19H,5-6H2,1-2H3,(H,20,21). The number of halogens is 1. The van der Waals surface area contributed by atoms with Crippen LogP contribution in [0.1, 0.15) is 29.5 Å². The van der Waals surface area contributed by atoms with Gasteiger partial charge in [0.1, 0.15) is 17.1 Å². The van der Waals surface area contributed by atoms with Crippen LogP contribution in [-0.2, 0) is 4.79 Å². The normalized spacial score (nSPS) is 21.5. The summed E-state index contributed by atoms with van der Waals surface area (Å²) in [6.07, 6.45) is 0.519. The fourth-order valence-electron chi connectivity index (χ4n) is 3.49. The van der Waals surface area contributed by atoms with Crippen LogP contribution < -0.4 is 5.32 Å². The number of carboxylic acid groups (broad SMARTS) is 1. The smallest absolute Gasteiger partial charge is 0.307 e. The van der Waals surface area contributed by atoms with E-state index in [0.29, 0.717) is 29.2 Å². The Kier molecular flexibility index (Phi) is 3.18. The van der Waals surface area contributed by atoms with Crippen LogP contribution in [-0.4, -0.2) is 17.6 Å². The number of aryl methyl sites for hydroxylation is 2. The van der Waals surface area contributed by atoms with E-state index in [2.05, 4.69) is 5.32 Å². The van der Waals surface area contributed by atoms with Crippen molar-refractivity contribution in [3.63, 3.8) is 0 Å². The third-order valence-electron chi connectivity index (χ3n) is 4.51. The van der Waals surface area contributed by atoms with Crippen molar-refractivity contribution in [3.05, 3.63) is 34.2 Å². The Hall–Kier alpha value is -1.98. The highest BCUT2D eigenvalue weighted by atomic mass is 35.5. The van der Waals surface area contributed by atoms with E-state index in [0.717, 1.165) is 27.9 Å². The minimum atomic E-state index is -0.777. The second-order valence-electron chi connectivity index (χ2n) is 6.16. The molecule has 1 aliphatic heterocycles. The van der Waals surface area contributed by atoms with Crippen LogP contribution in [0.2, 0.25) is 5.02 Å². The van der Waals surface area contributed by atoms with E-state index in [1.54, 1.807) is 0 Å². The van der Waals surface area contributed by atoms with Gasteiger partial charge in [-0.05, 0) is 32.4 Å². The van der Waals surface area contributed by atoms with Gasteiger partial charge in [-0.3, -0.25) is 4.79 Å². The number of carboxylic acids is 1. The number of aliphatic carboxylic acids is 1. The van der Waals surface area contributed by atoms with Crippen molar-refractivity contribution >= 4 is 39.5 Å². The zero-order chi connectivity index (χ0) is 16.3. The first kappa shape index (κ1) is 14.6. The van der Waals surface area contributed by atoms with E-state index in [-0.39, 0.29) is 6.04 Å². The van der Waals surface area contributed by atoms with Gasteiger partial charge in [-0.25, -0.2) is 0 Å². The largest absolute Gasteiger partial charge is 0.481 e. The van der Waals surface area contributed by atoms with Crippen LogP contribution in [0.3, 0.4) is 0 Å². The summed E-state index contributed by atoms with van der Waals surface area (Å²) in [7, 11) is 0. The predicted molar refractivity (Wildman–Crippen MR) is 87.0 cm³/mol. The minimum Gasteiger partial charge on any atom is -0.481 e. The molecule has 0 amide bonds. The number of benzene rings is 1. The van der Waals surface area contributed by atoms with Crippen molar-refractivity contribution in [2.24, 2.45) is 5.92 Å². The summed E-state index contributed by atoms with van der Waals surface area (Å²) < 4.78 is 11.7. The molecule has 4 rings (SSSR count). The molecular formula is C17H16ClNO4. The van der Waals surface area contributed by atoms with Gasteiger partial charge in [0.15, 0.2) is 5.58 Å². The molecule has 2 atom stereocenters. The van der Waals surface area contributed by atoms with E-state index in [1.165, 1.54) is 0 Å². The van der Waals surface area contributed by atoms with Crippen LogP contribution in [0.25, 0.3) is 21.9 Å². The fourth-order valence-corrected chi connectivity index (χ4v) is 3.77. The first-order valence-electron chi connectivity index (χ1n) is 7.53. The Morgan fingerprint density at radius 3 is 2.52 bits per heavy atom. The SMILES string of the molecule is Cc1cc2c(C3CC(C(=O)O)CN3)c3oc(C)cc3c(Cl)c2o1. The van der Waals surface area contributed by atoms with Gasteiger partial charge in [-0.1, -0.05) is 11.6 Å².